The van der Waals surface area contributed by atoms with Gasteiger partial charge in [-0.2, -0.15) is 4.98 Å². The molecule has 1 atom stereocenters. The van der Waals surface area contributed by atoms with Crippen molar-refractivity contribution in [3.05, 3.63) is 24.9 Å². The molecular weight excluding hydrogens is 330 g/mol. The van der Waals surface area contributed by atoms with E-state index in [1.807, 2.05) is 6.20 Å². The van der Waals surface area contributed by atoms with Crippen molar-refractivity contribution in [2.75, 3.05) is 25.0 Å². The lowest BCUT2D eigenvalue weighted by Gasteiger charge is -2.25. The summed E-state index contributed by atoms with van der Waals surface area (Å²) in [4.78, 5) is 13.5. The highest BCUT2D eigenvalue weighted by molar-refractivity contribution is 5.83. The third-order valence-corrected chi connectivity index (χ3v) is 5.29. The van der Waals surface area contributed by atoms with Crippen LogP contribution in [0.2, 0.25) is 0 Å². The van der Waals surface area contributed by atoms with Crippen LogP contribution in [0, 0.1) is 0 Å². The number of rotatable bonds is 4. The molecule has 26 heavy (non-hydrogen) atoms. The van der Waals surface area contributed by atoms with Gasteiger partial charge in [-0.1, -0.05) is 12.8 Å². The van der Waals surface area contributed by atoms with E-state index in [2.05, 4.69) is 36.6 Å². The summed E-state index contributed by atoms with van der Waals surface area (Å²) in [6, 6.07) is 2.56. The van der Waals surface area contributed by atoms with Gasteiger partial charge in [-0.05, 0) is 18.9 Å². The Morgan fingerprint density at radius 1 is 1.19 bits per heavy atom. The average molecular weight is 353 g/mol. The lowest BCUT2D eigenvalue weighted by molar-refractivity contribution is 0.448. The summed E-state index contributed by atoms with van der Waals surface area (Å²) in [7, 11) is 0. The Labute approximate surface area is 151 Å². The van der Waals surface area contributed by atoms with Crippen LogP contribution in [0.15, 0.2) is 29.3 Å². The van der Waals surface area contributed by atoms with E-state index in [1.54, 1.807) is 6.20 Å². The maximum Gasteiger partial charge on any atom is 0.225 e. The summed E-state index contributed by atoms with van der Waals surface area (Å²) in [5.41, 5.74) is 2.00. The number of hydrogen-bond donors (Lipinski definition) is 3. The van der Waals surface area contributed by atoms with Crippen LogP contribution in [0.5, 0.6) is 0 Å². The van der Waals surface area contributed by atoms with Gasteiger partial charge < -0.3 is 19.6 Å². The first-order valence-electron chi connectivity index (χ1n) is 9.36. The fraction of sp³-hybridized carbons (Fsp3) is 0.500. The maximum absolute atomic E-state index is 5.59. The van der Waals surface area contributed by atoms with Crippen molar-refractivity contribution in [3.8, 4) is 11.5 Å². The number of aromatic nitrogens is 4. The fourth-order valence-electron chi connectivity index (χ4n) is 4.05. The van der Waals surface area contributed by atoms with Crippen LogP contribution in [0.4, 0.5) is 5.95 Å². The quantitative estimate of drug-likeness (QED) is 0.662. The van der Waals surface area contributed by atoms with Gasteiger partial charge >= 0.3 is 0 Å². The Kier molecular flexibility index (Phi) is 4.06. The van der Waals surface area contributed by atoms with Crippen molar-refractivity contribution in [1.82, 2.24) is 30.2 Å². The molecule has 0 amide bonds. The smallest absolute Gasteiger partial charge is 0.225 e. The molecule has 8 nitrogen and oxygen atoms in total. The molecule has 1 aliphatic heterocycles. The Morgan fingerprint density at radius 3 is 2.88 bits per heavy atom. The minimum Gasteiger partial charge on any atom is -0.442 e. The molecule has 2 fully saturated rings. The molecule has 0 bridgehead atoms. The summed E-state index contributed by atoms with van der Waals surface area (Å²) < 4.78 is 7.91. The van der Waals surface area contributed by atoms with Gasteiger partial charge in [0.25, 0.3) is 0 Å². The summed E-state index contributed by atoms with van der Waals surface area (Å²) in [5, 5.41) is 11.2. The van der Waals surface area contributed by atoms with Crippen molar-refractivity contribution in [2.24, 2.45) is 0 Å². The minimum atomic E-state index is 0.143. The molecule has 8 heteroatoms. The number of oxazole rings is 1. The molecule has 3 aromatic rings. The predicted octanol–water partition coefficient (Wildman–Crippen LogP) is 2.13. The molecule has 2 aliphatic rings. The lowest BCUT2D eigenvalue weighted by atomic mass is 10.2. The number of nitrogens with one attached hydrogen (secondary N) is 3. The topological polar surface area (TPSA) is 92.8 Å². The zero-order valence-corrected chi connectivity index (χ0v) is 14.6. The highest BCUT2D eigenvalue weighted by Crippen LogP contribution is 2.37. The Hall–Kier alpha value is -2.45. The second-order valence-corrected chi connectivity index (χ2v) is 7.03. The molecule has 1 unspecified atom stereocenters. The van der Waals surface area contributed by atoms with Crippen LogP contribution in [0.1, 0.15) is 31.7 Å². The molecule has 0 aromatic carbocycles. The molecule has 0 radical (unpaired) electrons. The van der Waals surface area contributed by atoms with Crippen LogP contribution in [0.3, 0.4) is 0 Å². The molecule has 5 rings (SSSR count). The van der Waals surface area contributed by atoms with Crippen LogP contribution in [0.25, 0.3) is 22.5 Å². The van der Waals surface area contributed by atoms with Gasteiger partial charge in [-0.25, -0.2) is 9.97 Å². The summed E-state index contributed by atoms with van der Waals surface area (Å²) in [6.07, 6.45) is 10.1. The second-order valence-electron chi connectivity index (χ2n) is 7.03. The number of hydrogen-bond acceptors (Lipinski definition) is 7. The van der Waals surface area contributed by atoms with Crippen molar-refractivity contribution >= 4 is 17.0 Å². The van der Waals surface area contributed by atoms with Crippen LogP contribution in [-0.2, 0) is 0 Å². The Balaban J connectivity index is 1.56. The van der Waals surface area contributed by atoms with E-state index >= 15 is 0 Å². The SMILES string of the molecule is c1ncc(-c2cc3cnc(NC4CNCCN4)nc3n2C2CCCC2)o1. The first-order chi connectivity index (χ1) is 12.9. The second kappa shape index (κ2) is 6.69. The first kappa shape index (κ1) is 15.8. The fourth-order valence-corrected chi connectivity index (χ4v) is 4.05. The van der Waals surface area contributed by atoms with E-state index in [4.69, 9.17) is 9.40 Å². The molecule has 0 spiro atoms. The summed E-state index contributed by atoms with van der Waals surface area (Å²) in [6.45, 7) is 2.78. The molecule has 4 heterocycles. The van der Waals surface area contributed by atoms with Crippen molar-refractivity contribution in [2.45, 2.75) is 37.9 Å². The summed E-state index contributed by atoms with van der Waals surface area (Å²) >= 11 is 0. The van der Waals surface area contributed by atoms with Gasteiger partial charge in [0, 0.05) is 37.3 Å². The van der Waals surface area contributed by atoms with Gasteiger partial charge in [-0.3, -0.25) is 5.32 Å². The van der Waals surface area contributed by atoms with E-state index in [-0.39, 0.29) is 6.17 Å². The lowest BCUT2D eigenvalue weighted by Crippen LogP contribution is -2.52. The van der Waals surface area contributed by atoms with Gasteiger partial charge in [0.1, 0.15) is 5.65 Å². The maximum atomic E-state index is 5.59. The van der Waals surface area contributed by atoms with E-state index in [0.29, 0.717) is 12.0 Å². The normalized spacial score (nSPS) is 21.5. The highest BCUT2D eigenvalue weighted by atomic mass is 16.3. The van der Waals surface area contributed by atoms with E-state index in [9.17, 15) is 0 Å². The van der Waals surface area contributed by atoms with Crippen molar-refractivity contribution in [3.63, 3.8) is 0 Å². The first-order valence-corrected chi connectivity index (χ1v) is 9.36. The minimum absolute atomic E-state index is 0.143. The monoisotopic (exact) mass is 353 g/mol. The number of nitrogens with zero attached hydrogens (tertiary/aromatic N) is 4. The zero-order valence-electron chi connectivity index (χ0n) is 14.6. The molecular formula is C18H23N7O. The van der Waals surface area contributed by atoms with E-state index in [1.165, 1.54) is 32.1 Å². The van der Waals surface area contributed by atoms with Crippen LogP contribution < -0.4 is 16.0 Å². The molecule has 1 aliphatic carbocycles. The number of anilines is 1. The highest BCUT2D eigenvalue weighted by Gasteiger charge is 2.25. The van der Waals surface area contributed by atoms with E-state index < -0.39 is 0 Å². The van der Waals surface area contributed by atoms with Crippen LogP contribution in [-0.4, -0.2) is 45.3 Å². The molecule has 136 valence electrons. The predicted molar refractivity (Wildman–Crippen MR) is 98.8 cm³/mol. The van der Waals surface area contributed by atoms with Gasteiger partial charge in [0.2, 0.25) is 5.95 Å². The zero-order chi connectivity index (χ0) is 17.3. The summed E-state index contributed by atoms with van der Waals surface area (Å²) in [5.74, 6) is 1.43. The van der Waals surface area contributed by atoms with Gasteiger partial charge in [0.05, 0.1) is 18.1 Å². The number of fused-ring (bicyclic) bond motifs is 1. The largest absolute Gasteiger partial charge is 0.442 e. The van der Waals surface area contributed by atoms with Crippen molar-refractivity contribution in [1.29, 1.82) is 0 Å². The third-order valence-electron chi connectivity index (χ3n) is 5.29. The van der Waals surface area contributed by atoms with Crippen LogP contribution >= 0.6 is 0 Å². The number of piperazine rings is 1. The van der Waals surface area contributed by atoms with Gasteiger partial charge in [-0.15, -0.1) is 0 Å². The van der Waals surface area contributed by atoms with Gasteiger partial charge in [0.15, 0.2) is 12.2 Å². The standard InChI is InChI=1S/C18H23N7O/c1-2-4-13(3-1)25-14(15-9-20-11-26-15)7-12-8-22-18(24-17(12)25)23-16-10-19-5-6-21-16/h7-9,11,13,16,19,21H,1-6,10H2,(H,22,23,24). The third kappa shape index (κ3) is 2.85. The molecule has 3 aromatic heterocycles. The van der Waals surface area contributed by atoms with Crippen molar-refractivity contribution < 1.29 is 4.42 Å². The molecule has 3 N–H and O–H groups in total. The average Bonchev–Trinajstić information content (AvgIpc) is 3.42. The molecule has 1 saturated heterocycles. The molecule has 1 saturated carbocycles. The van der Waals surface area contributed by atoms with E-state index in [0.717, 1.165) is 42.1 Å². The Bertz CT molecular complexity index is 876. The Morgan fingerprint density at radius 2 is 2.12 bits per heavy atom.